The molecule has 1 aliphatic carbocycles. The van der Waals surface area contributed by atoms with Crippen LogP contribution in [0.5, 0.6) is 0 Å². The van der Waals surface area contributed by atoms with Gasteiger partial charge in [0.2, 0.25) is 5.91 Å². The fourth-order valence-corrected chi connectivity index (χ4v) is 5.13. The van der Waals surface area contributed by atoms with Crippen LogP contribution in [0.4, 0.5) is 10.8 Å². The number of fused-ring (bicyclic) bond motifs is 1. The lowest BCUT2D eigenvalue weighted by Gasteiger charge is -2.23. The average molecular weight is 432 g/mol. The monoisotopic (exact) mass is 431 g/mol. The van der Waals surface area contributed by atoms with Crippen LogP contribution in [0, 0.1) is 19.8 Å². The quantitative estimate of drug-likeness (QED) is 0.604. The minimum absolute atomic E-state index is 0.0426. The molecular weight excluding hydrogens is 406 g/mol. The Morgan fingerprint density at radius 2 is 1.97 bits per heavy atom. The lowest BCUT2D eigenvalue weighted by atomic mass is 9.85. The van der Waals surface area contributed by atoms with Crippen LogP contribution in [0.2, 0.25) is 0 Å². The van der Waals surface area contributed by atoms with Crippen LogP contribution in [-0.2, 0) is 11.2 Å². The topological polar surface area (TPSA) is 62.3 Å². The van der Waals surface area contributed by atoms with Gasteiger partial charge in [0.05, 0.1) is 5.69 Å². The summed E-state index contributed by atoms with van der Waals surface area (Å²) < 4.78 is 0. The molecule has 2 amide bonds. The van der Waals surface area contributed by atoms with Crippen molar-refractivity contribution in [3.63, 3.8) is 0 Å². The van der Waals surface area contributed by atoms with Crippen molar-refractivity contribution < 1.29 is 9.59 Å². The maximum Gasteiger partial charge on any atom is 0.258 e. The van der Waals surface area contributed by atoms with E-state index in [2.05, 4.69) is 11.4 Å². The van der Waals surface area contributed by atoms with Crippen LogP contribution in [0.25, 0.3) is 11.3 Å². The number of carbonyl (C=O) groups excluding carboxylic acids is 2. The molecule has 2 aliphatic rings. The van der Waals surface area contributed by atoms with Crippen molar-refractivity contribution in [2.24, 2.45) is 5.92 Å². The van der Waals surface area contributed by atoms with Crippen LogP contribution in [0.1, 0.15) is 45.6 Å². The highest BCUT2D eigenvalue weighted by Gasteiger charge is 2.28. The average Bonchev–Trinajstić information content (AvgIpc) is 3.28. The molecule has 3 aromatic rings. The first-order chi connectivity index (χ1) is 15.0. The summed E-state index contributed by atoms with van der Waals surface area (Å²) in [5.74, 6) is 0.274. The second-order valence-corrected chi connectivity index (χ2v) is 9.66. The van der Waals surface area contributed by atoms with Gasteiger partial charge in [-0.05, 0) is 62.9 Å². The number of benzene rings is 2. The lowest BCUT2D eigenvalue weighted by Crippen LogP contribution is -2.28. The third-order valence-corrected chi connectivity index (χ3v) is 7.15. The van der Waals surface area contributed by atoms with Gasteiger partial charge in [-0.15, -0.1) is 11.3 Å². The Labute approximate surface area is 186 Å². The molecule has 1 aliphatic heterocycles. The molecule has 1 saturated carbocycles. The van der Waals surface area contributed by atoms with E-state index in [0.29, 0.717) is 11.7 Å². The van der Waals surface area contributed by atoms with Crippen LogP contribution >= 0.6 is 11.3 Å². The molecule has 0 spiro atoms. The van der Waals surface area contributed by atoms with Gasteiger partial charge in [0.25, 0.3) is 5.91 Å². The molecule has 1 aromatic heterocycles. The highest BCUT2D eigenvalue weighted by atomic mass is 32.1. The van der Waals surface area contributed by atoms with Gasteiger partial charge in [0.15, 0.2) is 5.13 Å². The Bertz CT molecular complexity index is 1180. The number of hydrogen-bond donors (Lipinski definition) is 1. The number of amides is 2. The van der Waals surface area contributed by atoms with Crippen molar-refractivity contribution in [2.75, 3.05) is 16.8 Å². The van der Waals surface area contributed by atoms with E-state index in [4.69, 9.17) is 4.98 Å². The number of carbonyl (C=O) groups is 2. The molecule has 0 unspecified atom stereocenters. The largest absolute Gasteiger partial charge is 0.308 e. The zero-order chi connectivity index (χ0) is 21.5. The number of aromatic nitrogens is 1. The van der Waals surface area contributed by atoms with E-state index < -0.39 is 0 Å². The number of hydrogen-bond acceptors (Lipinski definition) is 4. The Morgan fingerprint density at radius 3 is 2.71 bits per heavy atom. The van der Waals surface area contributed by atoms with Crippen LogP contribution in [0.3, 0.4) is 0 Å². The molecule has 0 atom stereocenters. The lowest BCUT2D eigenvalue weighted by molar-refractivity contribution is -0.122. The maximum absolute atomic E-state index is 13.0. The summed E-state index contributed by atoms with van der Waals surface area (Å²) in [5, 5.41) is 3.66. The highest BCUT2D eigenvalue weighted by molar-refractivity contribution is 7.16. The van der Waals surface area contributed by atoms with E-state index in [1.54, 1.807) is 0 Å². The van der Waals surface area contributed by atoms with Gasteiger partial charge < -0.3 is 10.2 Å². The number of anilines is 2. The van der Waals surface area contributed by atoms with E-state index >= 15 is 0 Å². The third-order valence-electron chi connectivity index (χ3n) is 6.26. The number of rotatable bonds is 4. The molecule has 6 heteroatoms. The minimum Gasteiger partial charge on any atom is -0.308 e. The van der Waals surface area contributed by atoms with E-state index in [0.717, 1.165) is 64.2 Å². The van der Waals surface area contributed by atoms with E-state index in [1.807, 2.05) is 55.1 Å². The predicted molar refractivity (Wildman–Crippen MR) is 125 cm³/mol. The zero-order valence-corrected chi connectivity index (χ0v) is 18.6. The van der Waals surface area contributed by atoms with Gasteiger partial charge in [-0.25, -0.2) is 4.98 Å². The van der Waals surface area contributed by atoms with Gasteiger partial charge in [0.1, 0.15) is 0 Å². The number of aryl methyl sites for hydroxylation is 2. The van der Waals surface area contributed by atoms with E-state index in [9.17, 15) is 9.59 Å². The fraction of sp³-hybridized carbons (Fsp3) is 0.320. The Balaban J connectivity index is 1.37. The zero-order valence-electron chi connectivity index (χ0n) is 17.8. The van der Waals surface area contributed by atoms with Crippen LogP contribution < -0.4 is 10.2 Å². The Morgan fingerprint density at radius 1 is 1.13 bits per heavy atom. The van der Waals surface area contributed by atoms with E-state index in [1.165, 1.54) is 11.3 Å². The van der Waals surface area contributed by atoms with Gasteiger partial charge in [-0.3, -0.25) is 9.59 Å². The SMILES string of the molecule is Cc1cccc(C(=O)N2CCc3cc(-c4nc(NC(=O)C5CCC5)sc4C)ccc32)c1. The Hall–Kier alpha value is -2.99. The second-order valence-electron chi connectivity index (χ2n) is 8.46. The third kappa shape index (κ3) is 3.76. The first-order valence-electron chi connectivity index (χ1n) is 10.8. The molecule has 1 fully saturated rings. The van der Waals surface area contributed by atoms with Gasteiger partial charge in [-0.2, -0.15) is 0 Å². The standard InChI is InChI=1S/C25H25N3O2S/c1-15-5-3-8-20(13-15)24(30)28-12-11-18-14-19(9-10-21(18)28)22-16(2)31-25(26-22)27-23(29)17-6-4-7-17/h3,5,8-10,13-14,17H,4,6-7,11-12H2,1-2H3,(H,26,27,29). The summed E-state index contributed by atoms with van der Waals surface area (Å²) in [6.07, 6.45) is 3.92. The molecule has 1 N–H and O–H groups in total. The number of nitrogens with zero attached hydrogens (tertiary/aromatic N) is 2. The van der Waals surface area contributed by atoms with Crippen molar-refractivity contribution in [2.45, 2.75) is 39.5 Å². The second kappa shape index (κ2) is 7.93. The Kier molecular flexibility index (Phi) is 5.10. The molecule has 0 saturated heterocycles. The van der Waals surface area contributed by atoms with Crippen molar-refractivity contribution >= 4 is 34.0 Å². The maximum atomic E-state index is 13.0. The first-order valence-corrected chi connectivity index (χ1v) is 11.6. The molecular formula is C25H25N3O2S. The molecule has 158 valence electrons. The number of nitrogens with one attached hydrogen (secondary N) is 1. The van der Waals surface area contributed by atoms with Crippen molar-refractivity contribution in [3.8, 4) is 11.3 Å². The molecule has 5 rings (SSSR count). The summed E-state index contributed by atoms with van der Waals surface area (Å²) in [6.45, 7) is 4.72. The smallest absolute Gasteiger partial charge is 0.258 e. The predicted octanol–water partition coefficient (Wildman–Crippen LogP) is 5.37. The van der Waals surface area contributed by atoms with Crippen molar-refractivity contribution in [3.05, 3.63) is 64.0 Å². The molecule has 0 radical (unpaired) electrons. The first kappa shape index (κ1) is 19.9. The van der Waals surface area contributed by atoms with Gasteiger partial charge in [-0.1, -0.05) is 30.2 Å². The van der Waals surface area contributed by atoms with Crippen LogP contribution in [-0.4, -0.2) is 23.3 Å². The normalized spacial score (nSPS) is 15.5. The highest BCUT2D eigenvalue weighted by Crippen LogP contribution is 2.37. The summed E-state index contributed by atoms with van der Waals surface area (Å²) in [5.41, 5.74) is 5.87. The molecule has 2 heterocycles. The summed E-state index contributed by atoms with van der Waals surface area (Å²) in [6, 6.07) is 13.9. The van der Waals surface area contributed by atoms with Gasteiger partial charge >= 0.3 is 0 Å². The number of thiazole rings is 1. The summed E-state index contributed by atoms with van der Waals surface area (Å²) >= 11 is 1.52. The molecule has 2 aromatic carbocycles. The minimum atomic E-state index is 0.0426. The molecule has 5 nitrogen and oxygen atoms in total. The van der Waals surface area contributed by atoms with Crippen molar-refractivity contribution in [1.29, 1.82) is 0 Å². The van der Waals surface area contributed by atoms with Crippen LogP contribution in [0.15, 0.2) is 42.5 Å². The fourth-order valence-electron chi connectivity index (χ4n) is 4.29. The van der Waals surface area contributed by atoms with Crippen molar-refractivity contribution in [1.82, 2.24) is 4.98 Å². The van der Waals surface area contributed by atoms with Gasteiger partial charge in [0, 0.05) is 34.2 Å². The summed E-state index contributed by atoms with van der Waals surface area (Å²) in [7, 11) is 0. The van der Waals surface area contributed by atoms with E-state index in [-0.39, 0.29) is 17.7 Å². The summed E-state index contributed by atoms with van der Waals surface area (Å²) in [4.78, 5) is 32.9. The molecule has 31 heavy (non-hydrogen) atoms. The molecule has 0 bridgehead atoms.